The Morgan fingerprint density at radius 2 is 2.04 bits per heavy atom. The van der Waals surface area contributed by atoms with Crippen LogP contribution >= 0.6 is 0 Å². The van der Waals surface area contributed by atoms with Crippen molar-refractivity contribution in [1.29, 1.82) is 0 Å². The third-order valence-electron chi connectivity index (χ3n) is 3.75. The number of fused-ring (bicyclic) bond motifs is 1. The number of hydrogen-bond donors (Lipinski definition) is 3. The topological polar surface area (TPSA) is 79.0 Å². The van der Waals surface area contributed by atoms with Gasteiger partial charge in [-0.25, -0.2) is 9.18 Å². The highest BCUT2D eigenvalue weighted by Gasteiger charge is 2.10. The summed E-state index contributed by atoms with van der Waals surface area (Å²) >= 11 is 0. The number of benzene rings is 2. The summed E-state index contributed by atoms with van der Waals surface area (Å²) in [7, 11) is 0. The third-order valence-corrected chi connectivity index (χ3v) is 3.75. The van der Waals surface area contributed by atoms with Gasteiger partial charge in [0, 0.05) is 18.4 Å². The van der Waals surface area contributed by atoms with Crippen LogP contribution < -0.4 is 15.4 Å². The number of carbonyl (C=O) groups is 1. The molecular formula is C20H19FN4O2. The number of anilines is 1. The zero-order valence-corrected chi connectivity index (χ0v) is 14.8. The maximum Gasteiger partial charge on any atom is 0.320 e. The summed E-state index contributed by atoms with van der Waals surface area (Å²) in [6.45, 7) is 2.56. The molecule has 138 valence electrons. The average molecular weight is 366 g/mol. The maximum absolute atomic E-state index is 12.9. The molecule has 6 nitrogen and oxygen atoms in total. The van der Waals surface area contributed by atoms with Crippen LogP contribution in [0.25, 0.3) is 10.9 Å². The van der Waals surface area contributed by atoms with Crippen LogP contribution in [0.4, 0.5) is 15.0 Å². The van der Waals surface area contributed by atoms with Crippen molar-refractivity contribution < 1.29 is 13.9 Å². The van der Waals surface area contributed by atoms with Crippen LogP contribution in [0.15, 0.2) is 42.5 Å². The minimum Gasteiger partial charge on any atom is -0.481 e. The Morgan fingerprint density at radius 3 is 2.81 bits per heavy atom. The van der Waals surface area contributed by atoms with Gasteiger partial charge in [-0.15, -0.1) is 5.92 Å². The van der Waals surface area contributed by atoms with E-state index in [1.165, 1.54) is 12.1 Å². The minimum atomic E-state index is -0.409. The van der Waals surface area contributed by atoms with Crippen molar-refractivity contribution in [1.82, 2.24) is 15.5 Å². The van der Waals surface area contributed by atoms with Gasteiger partial charge in [0.2, 0.25) is 0 Å². The molecule has 0 spiro atoms. The minimum absolute atomic E-state index is 0.277. The van der Waals surface area contributed by atoms with Crippen LogP contribution in [-0.4, -0.2) is 22.8 Å². The smallest absolute Gasteiger partial charge is 0.320 e. The van der Waals surface area contributed by atoms with E-state index in [4.69, 9.17) is 4.74 Å². The number of amides is 2. The summed E-state index contributed by atoms with van der Waals surface area (Å²) in [5.74, 6) is 6.57. The number of ether oxygens (including phenoxy) is 1. The number of nitrogens with zero attached hydrogens (tertiary/aromatic N) is 1. The summed E-state index contributed by atoms with van der Waals surface area (Å²) in [5.41, 5.74) is 1.57. The number of urea groups is 1. The molecule has 0 bridgehead atoms. The quantitative estimate of drug-likeness (QED) is 0.601. The molecule has 2 aromatic carbocycles. The van der Waals surface area contributed by atoms with E-state index in [0.29, 0.717) is 18.2 Å². The van der Waals surface area contributed by atoms with E-state index in [2.05, 4.69) is 32.7 Å². The van der Waals surface area contributed by atoms with Gasteiger partial charge in [-0.05, 0) is 35.9 Å². The van der Waals surface area contributed by atoms with E-state index >= 15 is 0 Å². The first-order valence-corrected chi connectivity index (χ1v) is 8.51. The number of aromatic amines is 1. The molecule has 3 rings (SSSR count). The third kappa shape index (κ3) is 4.98. The van der Waals surface area contributed by atoms with Crippen molar-refractivity contribution in [3.63, 3.8) is 0 Å². The number of hydrogen-bond acceptors (Lipinski definition) is 3. The Bertz CT molecular complexity index is 987. The van der Waals surface area contributed by atoms with E-state index in [0.717, 1.165) is 22.9 Å². The predicted molar refractivity (Wildman–Crippen MR) is 102 cm³/mol. The van der Waals surface area contributed by atoms with Crippen LogP contribution in [0, 0.1) is 17.7 Å². The van der Waals surface area contributed by atoms with E-state index in [1.54, 1.807) is 18.2 Å². The number of aromatic nitrogens is 2. The standard InChI is InChI=1S/C20H19FN4O2/c1-2-3-4-11-27-16-9-10-18-17(12-16)19(25-24-18)23-20(26)22-13-14-5-7-15(21)8-6-14/h5-10,12H,2,11,13H2,1H3,(H3,22,23,24,25,26). The fourth-order valence-corrected chi connectivity index (χ4v) is 2.41. The van der Waals surface area contributed by atoms with Crippen molar-refractivity contribution in [2.24, 2.45) is 0 Å². The molecular weight excluding hydrogens is 347 g/mol. The lowest BCUT2D eigenvalue weighted by Gasteiger charge is -2.07. The number of H-pyrrole nitrogens is 1. The van der Waals surface area contributed by atoms with Gasteiger partial charge < -0.3 is 10.1 Å². The Kier molecular flexibility index (Phi) is 5.90. The molecule has 27 heavy (non-hydrogen) atoms. The first-order chi connectivity index (χ1) is 13.2. The van der Waals surface area contributed by atoms with Crippen molar-refractivity contribution >= 4 is 22.8 Å². The average Bonchev–Trinajstić information content (AvgIpc) is 3.07. The maximum atomic E-state index is 12.9. The van der Waals surface area contributed by atoms with Gasteiger partial charge in [-0.2, -0.15) is 5.10 Å². The molecule has 0 saturated carbocycles. The Balaban J connectivity index is 1.63. The van der Waals surface area contributed by atoms with E-state index < -0.39 is 6.03 Å². The van der Waals surface area contributed by atoms with Crippen molar-refractivity contribution in [3.8, 4) is 17.6 Å². The van der Waals surface area contributed by atoms with Crippen molar-refractivity contribution in [3.05, 3.63) is 53.8 Å². The molecule has 0 unspecified atom stereocenters. The van der Waals surface area contributed by atoms with Gasteiger partial charge in [0.1, 0.15) is 18.2 Å². The summed E-state index contributed by atoms with van der Waals surface area (Å²) in [6, 6.07) is 11.0. The first-order valence-electron chi connectivity index (χ1n) is 8.51. The fraction of sp³-hybridized carbons (Fsp3) is 0.200. The molecule has 0 aliphatic heterocycles. The molecule has 0 aliphatic rings. The predicted octanol–water partition coefficient (Wildman–Crippen LogP) is 3.82. The monoisotopic (exact) mass is 366 g/mol. The van der Waals surface area contributed by atoms with Gasteiger partial charge in [0.05, 0.1) is 5.52 Å². The summed E-state index contributed by atoms with van der Waals surface area (Å²) < 4.78 is 18.5. The molecule has 1 heterocycles. The van der Waals surface area contributed by atoms with Crippen LogP contribution in [-0.2, 0) is 6.54 Å². The second-order valence-electron chi connectivity index (χ2n) is 5.71. The van der Waals surface area contributed by atoms with Gasteiger partial charge in [0.15, 0.2) is 5.82 Å². The highest BCUT2D eigenvalue weighted by Crippen LogP contribution is 2.25. The normalized spacial score (nSPS) is 10.1. The summed E-state index contributed by atoms with van der Waals surface area (Å²) in [6.07, 6.45) is 0.783. The number of rotatable bonds is 5. The zero-order chi connectivity index (χ0) is 19.1. The molecule has 7 heteroatoms. The zero-order valence-electron chi connectivity index (χ0n) is 14.8. The van der Waals surface area contributed by atoms with Crippen LogP contribution in [0.2, 0.25) is 0 Å². The molecule has 0 saturated heterocycles. The molecule has 1 aromatic heterocycles. The molecule has 2 amide bonds. The number of carbonyl (C=O) groups excluding carboxylic acids is 1. The van der Waals surface area contributed by atoms with Crippen LogP contribution in [0.5, 0.6) is 5.75 Å². The largest absolute Gasteiger partial charge is 0.481 e. The molecule has 0 radical (unpaired) electrons. The lowest BCUT2D eigenvalue weighted by Crippen LogP contribution is -2.28. The van der Waals surface area contributed by atoms with E-state index in [1.807, 2.05) is 19.1 Å². The highest BCUT2D eigenvalue weighted by atomic mass is 19.1. The lowest BCUT2D eigenvalue weighted by molar-refractivity contribution is 0.251. The Labute approximate surface area is 156 Å². The van der Waals surface area contributed by atoms with Gasteiger partial charge in [0.25, 0.3) is 0 Å². The lowest BCUT2D eigenvalue weighted by atomic mass is 10.2. The molecule has 0 atom stereocenters. The fourth-order valence-electron chi connectivity index (χ4n) is 2.41. The molecule has 0 fully saturated rings. The molecule has 0 aliphatic carbocycles. The van der Waals surface area contributed by atoms with Gasteiger partial charge >= 0.3 is 6.03 Å². The van der Waals surface area contributed by atoms with Crippen molar-refractivity contribution in [2.45, 2.75) is 19.9 Å². The molecule has 3 N–H and O–H groups in total. The second-order valence-corrected chi connectivity index (χ2v) is 5.71. The number of halogens is 1. The van der Waals surface area contributed by atoms with Crippen LogP contribution in [0.3, 0.4) is 0 Å². The Morgan fingerprint density at radius 1 is 1.22 bits per heavy atom. The second kappa shape index (κ2) is 8.72. The summed E-state index contributed by atoms with van der Waals surface area (Å²) in [5, 5.41) is 13.1. The SMILES string of the molecule is CCC#CCOc1ccc2[nH]nc(NC(=O)NCc3ccc(F)cc3)c2c1. The van der Waals surface area contributed by atoms with Gasteiger partial charge in [-0.1, -0.05) is 25.0 Å². The van der Waals surface area contributed by atoms with Crippen molar-refractivity contribution in [2.75, 3.05) is 11.9 Å². The highest BCUT2D eigenvalue weighted by molar-refractivity contribution is 5.99. The number of nitrogens with one attached hydrogen (secondary N) is 3. The summed E-state index contributed by atoms with van der Waals surface area (Å²) in [4.78, 5) is 12.1. The molecule has 3 aromatic rings. The Hall–Kier alpha value is -3.53. The van der Waals surface area contributed by atoms with Gasteiger partial charge in [-0.3, -0.25) is 10.4 Å². The first kappa shape index (κ1) is 18.3. The van der Waals surface area contributed by atoms with Crippen LogP contribution in [0.1, 0.15) is 18.9 Å². The van der Waals surface area contributed by atoms with E-state index in [-0.39, 0.29) is 12.4 Å². The van der Waals surface area contributed by atoms with E-state index in [9.17, 15) is 9.18 Å².